The van der Waals surface area contributed by atoms with E-state index in [1.165, 1.54) is 4.90 Å². The standard InChI is InChI=1S/C23H24Cl2N2O4/c1-26(2)11-4-12-27-20(15-7-10-17(24)18(25)13-15)19(22(29)23(27)30)21(28)14-5-8-16(31-3)9-6-14/h5-10,13,20,28H,4,11-12H2,1-3H3/b21-19+. The highest BCUT2D eigenvalue weighted by molar-refractivity contribution is 6.46. The molecule has 1 saturated heterocycles. The molecular formula is C23H24Cl2N2O4. The number of ketones is 1. The van der Waals surface area contributed by atoms with E-state index in [9.17, 15) is 14.7 Å². The second kappa shape index (κ2) is 9.73. The molecule has 31 heavy (non-hydrogen) atoms. The number of halogens is 2. The van der Waals surface area contributed by atoms with E-state index in [1.807, 2.05) is 19.0 Å². The third-order valence-corrected chi connectivity index (χ3v) is 5.91. The van der Waals surface area contributed by atoms with E-state index < -0.39 is 17.7 Å². The fraction of sp³-hybridized carbons (Fsp3) is 0.304. The van der Waals surface area contributed by atoms with Gasteiger partial charge in [-0.3, -0.25) is 9.59 Å². The predicted molar refractivity (Wildman–Crippen MR) is 122 cm³/mol. The van der Waals surface area contributed by atoms with Crippen molar-refractivity contribution in [2.24, 2.45) is 0 Å². The number of carbonyl (C=O) groups is 2. The molecule has 6 nitrogen and oxygen atoms in total. The van der Waals surface area contributed by atoms with Gasteiger partial charge in [-0.25, -0.2) is 0 Å². The Balaban J connectivity index is 2.10. The summed E-state index contributed by atoms with van der Waals surface area (Å²) in [4.78, 5) is 29.4. The summed E-state index contributed by atoms with van der Waals surface area (Å²) in [5, 5.41) is 11.7. The number of hydrogen-bond donors (Lipinski definition) is 1. The van der Waals surface area contributed by atoms with Gasteiger partial charge in [0.1, 0.15) is 11.5 Å². The maximum absolute atomic E-state index is 13.0. The molecule has 0 bridgehead atoms. The number of benzene rings is 2. The van der Waals surface area contributed by atoms with Gasteiger partial charge in [-0.1, -0.05) is 29.3 Å². The van der Waals surface area contributed by atoms with Gasteiger partial charge in [-0.05, 0) is 69.0 Å². The largest absolute Gasteiger partial charge is 0.507 e. The molecule has 0 aliphatic carbocycles. The second-order valence-corrected chi connectivity index (χ2v) is 8.37. The molecule has 2 aromatic rings. The lowest BCUT2D eigenvalue weighted by Gasteiger charge is -2.26. The highest BCUT2D eigenvalue weighted by Gasteiger charge is 2.45. The number of hydrogen-bond acceptors (Lipinski definition) is 5. The first kappa shape index (κ1) is 23.1. The molecule has 1 unspecified atom stereocenters. The summed E-state index contributed by atoms with van der Waals surface area (Å²) >= 11 is 12.3. The lowest BCUT2D eigenvalue weighted by Crippen LogP contribution is -2.32. The molecule has 2 aromatic carbocycles. The van der Waals surface area contributed by atoms with Gasteiger partial charge in [-0.15, -0.1) is 0 Å². The summed E-state index contributed by atoms with van der Waals surface area (Å²) in [6, 6.07) is 10.8. The number of ether oxygens (including phenoxy) is 1. The van der Waals surface area contributed by atoms with Crippen molar-refractivity contribution in [2.75, 3.05) is 34.3 Å². The first-order valence-electron chi connectivity index (χ1n) is 9.77. The maximum atomic E-state index is 13.0. The normalized spacial score (nSPS) is 18.1. The molecule has 1 N–H and O–H groups in total. The summed E-state index contributed by atoms with van der Waals surface area (Å²) in [5.41, 5.74) is 1.05. The smallest absolute Gasteiger partial charge is 0.295 e. The Bertz CT molecular complexity index is 1020. The van der Waals surface area contributed by atoms with Crippen molar-refractivity contribution in [2.45, 2.75) is 12.5 Å². The monoisotopic (exact) mass is 462 g/mol. The van der Waals surface area contributed by atoms with Crippen molar-refractivity contribution < 1.29 is 19.4 Å². The minimum Gasteiger partial charge on any atom is -0.507 e. The van der Waals surface area contributed by atoms with Crippen LogP contribution in [-0.4, -0.2) is 60.9 Å². The molecule has 0 radical (unpaired) electrons. The summed E-state index contributed by atoms with van der Waals surface area (Å²) in [6.45, 7) is 1.10. The van der Waals surface area contributed by atoms with Crippen LogP contribution in [0.1, 0.15) is 23.6 Å². The number of rotatable bonds is 7. The van der Waals surface area contributed by atoms with Gasteiger partial charge in [0, 0.05) is 12.1 Å². The first-order valence-corrected chi connectivity index (χ1v) is 10.5. The molecule has 1 heterocycles. The predicted octanol–water partition coefficient (Wildman–Crippen LogP) is 4.38. The van der Waals surface area contributed by atoms with Crippen LogP contribution in [0, 0.1) is 0 Å². The SMILES string of the molecule is COc1ccc(/C(O)=C2\C(=O)C(=O)N(CCCN(C)C)C2c2ccc(Cl)c(Cl)c2)cc1. The molecular weight excluding hydrogens is 439 g/mol. The van der Waals surface area contributed by atoms with Crippen LogP contribution >= 0.6 is 23.2 Å². The third-order valence-electron chi connectivity index (χ3n) is 5.17. The van der Waals surface area contributed by atoms with Crippen LogP contribution in [0.2, 0.25) is 10.0 Å². The fourth-order valence-corrected chi connectivity index (χ4v) is 3.91. The summed E-state index contributed by atoms with van der Waals surface area (Å²) in [7, 11) is 5.42. The molecule has 164 valence electrons. The highest BCUT2D eigenvalue weighted by Crippen LogP contribution is 2.41. The van der Waals surface area contributed by atoms with Gasteiger partial charge >= 0.3 is 0 Å². The molecule has 1 fully saturated rings. The van der Waals surface area contributed by atoms with Crippen LogP contribution in [-0.2, 0) is 9.59 Å². The molecule has 0 aromatic heterocycles. The number of aliphatic hydroxyl groups is 1. The number of likely N-dealkylation sites (tertiary alicyclic amines) is 1. The first-order chi connectivity index (χ1) is 14.7. The maximum Gasteiger partial charge on any atom is 0.295 e. The van der Waals surface area contributed by atoms with Gasteiger partial charge < -0.3 is 19.6 Å². The Morgan fingerprint density at radius 3 is 2.35 bits per heavy atom. The molecule has 8 heteroatoms. The Labute approximate surface area is 191 Å². The van der Waals surface area contributed by atoms with E-state index in [-0.39, 0.29) is 11.3 Å². The van der Waals surface area contributed by atoms with Crippen LogP contribution in [0.3, 0.4) is 0 Å². The van der Waals surface area contributed by atoms with Crippen LogP contribution < -0.4 is 4.74 Å². The van der Waals surface area contributed by atoms with Crippen molar-refractivity contribution in [1.82, 2.24) is 9.80 Å². The number of amides is 1. The van der Waals surface area contributed by atoms with Crippen molar-refractivity contribution in [1.29, 1.82) is 0 Å². The van der Waals surface area contributed by atoms with E-state index in [0.29, 0.717) is 39.9 Å². The average Bonchev–Trinajstić information content (AvgIpc) is 3.00. The lowest BCUT2D eigenvalue weighted by atomic mass is 9.95. The van der Waals surface area contributed by atoms with Crippen molar-refractivity contribution >= 4 is 40.7 Å². The number of aliphatic hydroxyl groups excluding tert-OH is 1. The van der Waals surface area contributed by atoms with Gasteiger partial charge in [0.05, 0.1) is 28.8 Å². The van der Waals surface area contributed by atoms with Crippen molar-refractivity contribution in [3.8, 4) is 5.75 Å². The van der Waals surface area contributed by atoms with Crippen molar-refractivity contribution in [3.05, 3.63) is 69.2 Å². The van der Waals surface area contributed by atoms with E-state index in [0.717, 1.165) is 6.54 Å². The number of methoxy groups -OCH3 is 1. The Morgan fingerprint density at radius 2 is 1.77 bits per heavy atom. The van der Waals surface area contributed by atoms with E-state index >= 15 is 0 Å². The van der Waals surface area contributed by atoms with Crippen molar-refractivity contribution in [3.63, 3.8) is 0 Å². The molecule has 0 spiro atoms. The van der Waals surface area contributed by atoms with Crippen LogP contribution in [0.25, 0.3) is 5.76 Å². The van der Waals surface area contributed by atoms with Crippen LogP contribution in [0.15, 0.2) is 48.0 Å². The van der Waals surface area contributed by atoms with Gasteiger partial charge in [0.2, 0.25) is 0 Å². The molecule has 1 aliphatic heterocycles. The second-order valence-electron chi connectivity index (χ2n) is 7.55. The lowest BCUT2D eigenvalue weighted by molar-refractivity contribution is -0.139. The zero-order chi connectivity index (χ0) is 22.7. The summed E-state index contributed by atoms with van der Waals surface area (Å²) in [5.74, 6) is -1.01. The quantitative estimate of drug-likeness (QED) is 0.375. The zero-order valence-electron chi connectivity index (χ0n) is 17.6. The number of Topliss-reactive ketones (excluding diaryl/α,β-unsaturated/α-hetero) is 1. The zero-order valence-corrected chi connectivity index (χ0v) is 19.1. The number of carbonyl (C=O) groups excluding carboxylic acids is 2. The summed E-state index contributed by atoms with van der Waals surface area (Å²) in [6.07, 6.45) is 0.667. The van der Waals surface area contributed by atoms with Gasteiger partial charge in [0.25, 0.3) is 11.7 Å². The topological polar surface area (TPSA) is 70.1 Å². The highest BCUT2D eigenvalue weighted by atomic mass is 35.5. The van der Waals surface area contributed by atoms with Crippen LogP contribution in [0.5, 0.6) is 5.75 Å². The molecule has 1 atom stereocenters. The molecule has 0 saturated carbocycles. The van der Waals surface area contributed by atoms with Crippen LogP contribution in [0.4, 0.5) is 0 Å². The average molecular weight is 463 g/mol. The fourth-order valence-electron chi connectivity index (χ4n) is 3.60. The van der Waals surface area contributed by atoms with E-state index in [2.05, 4.69) is 0 Å². The molecule has 1 amide bonds. The molecule has 1 aliphatic rings. The van der Waals surface area contributed by atoms with E-state index in [4.69, 9.17) is 27.9 Å². The van der Waals surface area contributed by atoms with Gasteiger partial charge in [0.15, 0.2) is 0 Å². The third kappa shape index (κ3) is 4.87. The Hall–Kier alpha value is -2.54. The number of nitrogens with zero attached hydrogens (tertiary/aromatic N) is 2. The minimum atomic E-state index is -0.765. The Kier molecular flexibility index (Phi) is 7.26. The molecule has 3 rings (SSSR count). The van der Waals surface area contributed by atoms with Gasteiger partial charge in [-0.2, -0.15) is 0 Å². The summed E-state index contributed by atoms with van der Waals surface area (Å²) < 4.78 is 5.15. The van der Waals surface area contributed by atoms with E-state index in [1.54, 1.807) is 49.6 Å². The minimum absolute atomic E-state index is 0.0263. The Morgan fingerprint density at radius 1 is 1.10 bits per heavy atom.